The number of fused-ring (bicyclic) bond motifs is 1. The molecule has 0 aliphatic carbocycles. The number of thiophene rings is 1. The fourth-order valence-electron chi connectivity index (χ4n) is 4.29. The van der Waals surface area contributed by atoms with Gasteiger partial charge in [0.25, 0.3) is 0 Å². The summed E-state index contributed by atoms with van der Waals surface area (Å²) in [6.45, 7) is 7.01. The third-order valence-electron chi connectivity index (χ3n) is 5.94. The maximum absolute atomic E-state index is 13.5. The van der Waals surface area contributed by atoms with Crippen LogP contribution in [0.3, 0.4) is 0 Å². The topological polar surface area (TPSA) is 71.5 Å². The lowest BCUT2D eigenvalue weighted by Gasteiger charge is -2.37. The van der Waals surface area contributed by atoms with Crippen molar-refractivity contribution in [2.45, 2.75) is 32.4 Å². The molecule has 1 aromatic carbocycles. The first-order valence-corrected chi connectivity index (χ1v) is 12.2. The molecule has 2 heterocycles. The molecule has 1 N–H and O–H groups in total. The molecule has 0 saturated carbocycles. The first-order chi connectivity index (χ1) is 15.9. The summed E-state index contributed by atoms with van der Waals surface area (Å²) in [6.07, 6.45) is 0.191. The van der Waals surface area contributed by atoms with Crippen molar-refractivity contribution in [3.8, 4) is 5.75 Å². The smallest absolute Gasteiger partial charge is 0.237 e. The van der Waals surface area contributed by atoms with Gasteiger partial charge in [-0.15, -0.1) is 11.3 Å². The number of methoxy groups -OCH3 is 2. The fraction of sp³-hybridized carbons (Fsp3) is 0.560. The highest BCUT2D eigenvalue weighted by molar-refractivity contribution is 7.10. The van der Waals surface area contributed by atoms with Crippen molar-refractivity contribution in [2.75, 3.05) is 60.2 Å². The van der Waals surface area contributed by atoms with Crippen LogP contribution in [0.1, 0.15) is 27.6 Å². The number of hydrogen-bond donors (Lipinski definition) is 1. The molecule has 2 unspecified atom stereocenters. The Hall–Kier alpha value is -1.97. The summed E-state index contributed by atoms with van der Waals surface area (Å²) in [4.78, 5) is 18.6. The second-order valence-electron chi connectivity index (χ2n) is 8.57. The molecular formula is C25H36N2O5S. The van der Waals surface area contributed by atoms with Gasteiger partial charge in [-0.05, 0) is 48.9 Å². The number of nitrogens with zero attached hydrogens (tertiary/aromatic N) is 2. The van der Waals surface area contributed by atoms with Gasteiger partial charge in [0.05, 0.1) is 31.9 Å². The molecule has 0 fully saturated rings. The number of benzene rings is 1. The number of amides is 1. The minimum absolute atomic E-state index is 0.0294. The Morgan fingerprint density at radius 2 is 2.09 bits per heavy atom. The normalized spacial score (nSPS) is 16.7. The van der Waals surface area contributed by atoms with E-state index in [0.29, 0.717) is 32.8 Å². The largest absolute Gasteiger partial charge is 0.491 e. The number of aliphatic hydroxyl groups excluding tert-OH is 1. The molecule has 1 aliphatic rings. The van der Waals surface area contributed by atoms with Crippen molar-refractivity contribution >= 4 is 17.2 Å². The number of rotatable bonds is 12. The number of hydrogen-bond acceptors (Lipinski definition) is 7. The molecular weight excluding hydrogens is 440 g/mol. The lowest BCUT2D eigenvalue weighted by molar-refractivity contribution is -0.136. The average Bonchev–Trinajstić information content (AvgIpc) is 3.26. The minimum Gasteiger partial charge on any atom is -0.491 e. The zero-order valence-corrected chi connectivity index (χ0v) is 20.9. The van der Waals surface area contributed by atoms with Crippen molar-refractivity contribution in [1.29, 1.82) is 0 Å². The maximum atomic E-state index is 13.5. The lowest BCUT2D eigenvalue weighted by Crippen LogP contribution is -2.48. The lowest BCUT2D eigenvalue weighted by atomic mass is 10.00. The van der Waals surface area contributed by atoms with Gasteiger partial charge in [0, 0.05) is 38.7 Å². The SMILES string of the molecule is COCCN(CC(=O)N1CCc2sccc2C1COc1ccc(C)cc1C)CC(O)COC. The van der Waals surface area contributed by atoms with Crippen LogP contribution in [0.4, 0.5) is 0 Å². The van der Waals surface area contributed by atoms with Crippen molar-refractivity contribution in [3.63, 3.8) is 0 Å². The van der Waals surface area contributed by atoms with E-state index in [1.54, 1.807) is 25.6 Å². The molecule has 0 radical (unpaired) electrons. The monoisotopic (exact) mass is 476 g/mol. The summed E-state index contributed by atoms with van der Waals surface area (Å²) in [5, 5.41) is 12.3. The predicted molar refractivity (Wildman–Crippen MR) is 130 cm³/mol. The molecule has 8 heteroatoms. The Bertz CT molecular complexity index is 903. The fourth-order valence-corrected chi connectivity index (χ4v) is 5.21. The summed E-state index contributed by atoms with van der Waals surface area (Å²) in [7, 11) is 3.19. The van der Waals surface area contributed by atoms with E-state index in [2.05, 4.69) is 24.4 Å². The molecule has 33 heavy (non-hydrogen) atoms. The van der Waals surface area contributed by atoms with Gasteiger partial charge >= 0.3 is 0 Å². The van der Waals surface area contributed by atoms with Gasteiger partial charge in [0.2, 0.25) is 5.91 Å². The molecule has 1 aromatic heterocycles. The Kier molecular flexibility index (Phi) is 9.70. The number of carbonyl (C=O) groups is 1. The van der Waals surface area contributed by atoms with Gasteiger partial charge < -0.3 is 24.2 Å². The molecule has 0 spiro atoms. The highest BCUT2D eigenvalue weighted by Crippen LogP contribution is 2.34. The van der Waals surface area contributed by atoms with Gasteiger partial charge in [-0.25, -0.2) is 0 Å². The Labute approximate surface area is 200 Å². The second-order valence-corrected chi connectivity index (χ2v) is 9.57. The van der Waals surface area contributed by atoms with Crippen LogP contribution in [0.25, 0.3) is 0 Å². The highest BCUT2D eigenvalue weighted by atomic mass is 32.1. The van der Waals surface area contributed by atoms with Crippen molar-refractivity contribution < 1.29 is 24.1 Å². The van der Waals surface area contributed by atoms with Crippen LogP contribution in [0, 0.1) is 13.8 Å². The van der Waals surface area contributed by atoms with E-state index < -0.39 is 6.10 Å². The molecule has 1 aliphatic heterocycles. The maximum Gasteiger partial charge on any atom is 0.237 e. The molecule has 2 atom stereocenters. The van der Waals surface area contributed by atoms with E-state index in [-0.39, 0.29) is 25.1 Å². The van der Waals surface area contributed by atoms with E-state index in [1.807, 2.05) is 28.9 Å². The van der Waals surface area contributed by atoms with Gasteiger partial charge in [0.1, 0.15) is 12.4 Å². The minimum atomic E-state index is -0.659. The predicted octanol–water partition coefficient (Wildman–Crippen LogP) is 2.83. The number of aliphatic hydroxyl groups is 1. The average molecular weight is 477 g/mol. The van der Waals surface area contributed by atoms with Crippen molar-refractivity contribution in [3.05, 3.63) is 51.2 Å². The molecule has 182 valence electrons. The highest BCUT2D eigenvalue weighted by Gasteiger charge is 2.33. The van der Waals surface area contributed by atoms with Crippen LogP contribution in [0.5, 0.6) is 5.75 Å². The molecule has 0 saturated heterocycles. The van der Waals surface area contributed by atoms with E-state index in [4.69, 9.17) is 14.2 Å². The van der Waals surface area contributed by atoms with Gasteiger partial charge in [-0.3, -0.25) is 9.69 Å². The zero-order valence-electron chi connectivity index (χ0n) is 20.1. The van der Waals surface area contributed by atoms with E-state index in [9.17, 15) is 9.90 Å². The van der Waals surface area contributed by atoms with Crippen LogP contribution in [-0.4, -0.2) is 87.1 Å². The van der Waals surface area contributed by atoms with Crippen LogP contribution < -0.4 is 4.74 Å². The number of aryl methyl sites for hydroxylation is 2. The molecule has 1 amide bonds. The third-order valence-corrected chi connectivity index (χ3v) is 6.94. The van der Waals surface area contributed by atoms with Gasteiger partial charge in [-0.1, -0.05) is 17.7 Å². The third kappa shape index (κ3) is 7.01. The van der Waals surface area contributed by atoms with Crippen LogP contribution in [0.15, 0.2) is 29.6 Å². The Morgan fingerprint density at radius 3 is 2.82 bits per heavy atom. The summed E-state index contributed by atoms with van der Waals surface area (Å²) in [5.74, 6) is 0.876. The van der Waals surface area contributed by atoms with Gasteiger partial charge in [0.15, 0.2) is 0 Å². The zero-order chi connectivity index (χ0) is 23.8. The molecule has 2 aromatic rings. The Morgan fingerprint density at radius 1 is 1.27 bits per heavy atom. The summed E-state index contributed by atoms with van der Waals surface area (Å²) >= 11 is 1.74. The van der Waals surface area contributed by atoms with Crippen LogP contribution in [-0.2, 0) is 20.7 Å². The standard InChI is InChI=1S/C25H36N2O5S/c1-18-5-6-23(19(2)13-18)32-17-22-21-8-12-33-24(21)7-9-27(22)25(29)15-26(10-11-30-3)14-20(28)16-31-4/h5-6,8,12-13,20,22,28H,7,9-11,14-17H2,1-4H3. The molecule has 0 bridgehead atoms. The summed E-state index contributed by atoms with van der Waals surface area (Å²) in [6, 6.07) is 8.12. The first-order valence-electron chi connectivity index (χ1n) is 11.4. The quantitative estimate of drug-likeness (QED) is 0.508. The van der Waals surface area contributed by atoms with E-state index in [0.717, 1.165) is 17.7 Å². The number of carbonyl (C=O) groups excluding carboxylic acids is 1. The number of ether oxygens (including phenoxy) is 3. The Balaban J connectivity index is 1.73. The van der Waals surface area contributed by atoms with Crippen molar-refractivity contribution in [1.82, 2.24) is 9.80 Å². The van der Waals surface area contributed by atoms with Crippen molar-refractivity contribution in [2.24, 2.45) is 0 Å². The van der Waals surface area contributed by atoms with Crippen LogP contribution >= 0.6 is 11.3 Å². The summed E-state index contributed by atoms with van der Waals surface area (Å²) < 4.78 is 16.5. The van der Waals surface area contributed by atoms with Gasteiger partial charge in [-0.2, -0.15) is 0 Å². The summed E-state index contributed by atoms with van der Waals surface area (Å²) in [5.41, 5.74) is 3.46. The van der Waals surface area contributed by atoms with E-state index >= 15 is 0 Å². The van der Waals surface area contributed by atoms with E-state index in [1.165, 1.54) is 16.0 Å². The second kappa shape index (κ2) is 12.5. The molecule has 7 nitrogen and oxygen atoms in total. The van der Waals surface area contributed by atoms with Crippen LogP contribution in [0.2, 0.25) is 0 Å². The first kappa shape index (κ1) is 25.6. The molecule has 3 rings (SSSR count).